The van der Waals surface area contributed by atoms with Crippen LogP contribution in [0.1, 0.15) is 27.8 Å². The molecule has 0 N–H and O–H groups in total. The molecule has 34 heavy (non-hydrogen) atoms. The summed E-state index contributed by atoms with van der Waals surface area (Å²) in [5.74, 6) is 1.12. The molecular weight excluding hydrogens is 446 g/mol. The van der Waals surface area contributed by atoms with Gasteiger partial charge in [0, 0.05) is 5.56 Å². The predicted molar refractivity (Wildman–Crippen MR) is 136 cm³/mol. The molecule has 6 heteroatoms. The normalized spacial score (nSPS) is 14.7. The summed E-state index contributed by atoms with van der Waals surface area (Å²) in [6, 6.07) is 21.6. The van der Waals surface area contributed by atoms with E-state index in [1.807, 2.05) is 81.4 Å². The Kier molecular flexibility index (Phi) is 7.38. The number of aryl methyl sites for hydroxylation is 3. The van der Waals surface area contributed by atoms with Gasteiger partial charge in [-0.1, -0.05) is 60.2 Å². The van der Waals surface area contributed by atoms with E-state index < -0.39 is 0 Å². The lowest BCUT2D eigenvalue weighted by atomic mass is 10.1. The van der Waals surface area contributed by atoms with Crippen molar-refractivity contribution in [2.45, 2.75) is 27.4 Å². The Hall–Kier alpha value is -3.51. The first kappa shape index (κ1) is 23.6. The monoisotopic (exact) mass is 473 g/mol. The standard InChI is InChI=1S/C28H27NO4S/c1-19-7-6-8-22(15-19)18-33-24-10-5-4-9-23(24)17-26-27(30)29(28(31)34-26)13-14-32-25-16-20(2)11-12-21(25)3/h4-12,15-17H,13-14,18H2,1-3H3/b26-17-. The Morgan fingerprint density at radius 2 is 1.65 bits per heavy atom. The number of carbonyl (C=O) groups excluding carboxylic acids is 2. The molecule has 0 aromatic heterocycles. The molecule has 0 spiro atoms. The molecule has 2 amide bonds. The average molecular weight is 474 g/mol. The van der Waals surface area contributed by atoms with Gasteiger partial charge in [-0.3, -0.25) is 14.5 Å². The molecule has 0 saturated carbocycles. The van der Waals surface area contributed by atoms with Crippen molar-refractivity contribution < 1.29 is 19.1 Å². The molecule has 0 atom stereocenters. The summed E-state index contributed by atoms with van der Waals surface area (Å²) in [5.41, 5.74) is 5.11. The minimum atomic E-state index is -0.312. The SMILES string of the molecule is Cc1cccc(COc2ccccc2/C=C2\SC(=O)N(CCOc3cc(C)ccc3C)C2=O)c1. The number of hydrogen-bond donors (Lipinski definition) is 0. The lowest BCUT2D eigenvalue weighted by Gasteiger charge is -2.14. The van der Waals surface area contributed by atoms with Crippen LogP contribution in [0, 0.1) is 20.8 Å². The number of benzene rings is 3. The Balaban J connectivity index is 1.42. The zero-order valence-corrected chi connectivity index (χ0v) is 20.4. The first-order valence-corrected chi connectivity index (χ1v) is 11.9. The fraction of sp³-hybridized carbons (Fsp3) is 0.214. The van der Waals surface area contributed by atoms with E-state index in [1.165, 1.54) is 10.5 Å². The highest BCUT2D eigenvalue weighted by Gasteiger charge is 2.35. The third-order valence-corrected chi connectivity index (χ3v) is 6.38. The molecule has 1 aliphatic rings. The van der Waals surface area contributed by atoms with Gasteiger partial charge in [0.15, 0.2) is 0 Å². The number of imide groups is 1. The van der Waals surface area contributed by atoms with E-state index in [2.05, 4.69) is 6.07 Å². The molecule has 3 aromatic carbocycles. The first-order chi connectivity index (χ1) is 16.4. The summed E-state index contributed by atoms with van der Waals surface area (Å²) in [5, 5.41) is -0.293. The average Bonchev–Trinajstić information content (AvgIpc) is 3.08. The third kappa shape index (κ3) is 5.69. The van der Waals surface area contributed by atoms with Gasteiger partial charge < -0.3 is 9.47 Å². The number of carbonyl (C=O) groups is 2. The van der Waals surface area contributed by atoms with E-state index in [9.17, 15) is 9.59 Å². The van der Waals surface area contributed by atoms with Crippen molar-refractivity contribution in [3.8, 4) is 11.5 Å². The molecule has 3 aromatic rings. The molecule has 0 unspecified atom stereocenters. The van der Waals surface area contributed by atoms with Crippen LogP contribution < -0.4 is 9.47 Å². The van der Waals surface area contributed by atoms with E-state index >= 15 is 0 Å². The number of amides is 2. The van der Waals surface area contributed by atoms with Crippen molar-refractivity contribution in [2.75, 3.05) is 13.2 Å². The van der Waals surface area contributed by atoms with Crippen LogP contribution in [0.3, 0.4) is 0 Å². The van der Waals surface area contributed by atoms with E-state index in [0.717, 1.165) is 39.8 Å². The predicted octanol–water partition coefficient (Wildman–Crippen LogP) is 6.31. The molecule has 5 nitrogen and oxygen atoms in total. The lowest BCUT2D eigenvalue weighted by molar-refractivity contribution is -0.123. The van der Waals surface area contributed by atoms with Crippen molar-refractivity contribution in [1.29, 1.82) is 0 Å². The Bertz CT molecular complexity index is 1250. The second-order valence-electron chi connectivity index (χ2n) is 8.27. The van der Waals surface area contributed by atoms with Crippen molar-refractivity contribution in [3.05, 3.63) is 99.5 Å². The minimum absolute atomic E-state index is 0.195. The summed E-state index contributed by atoms with van der Waals surface area (Å²) in [7, 11) is 0. The molecule has 0 radical (unpaired) electrons. The van der Waals surface area contributed by atoms with Crippen LogP contribution in [0.4, 0.5) is 4.79 Å². The maximum Gasteiger partial charge on any atom is 0.293 e. The van der Waals surface area contributed by atoms with Gasteiger partial charge >= 0.3 is 0 Å². The van der Waals surface area contributed by atoms with Crippen LogP contribution in [0.2, 0.25) is 0 Å². The highest BCUT2D eigenvalue weighted by Crippen LogP contribution is 2.34. The van der Waals surface area contributed by atoms with Crippen LogP contribution in [-0.2, 0) is 11.4 Å². The van der Waals surface area contributed by atoms with Crippen LogP contribution in [0.5, 0.6) is 11.5 Å². The maximum absolute atomic E-state index is 12.9. The Labute approximate surface area is 204 Å². The molecule has 1 fully saturated rings. The molecule has 4 rings (SSSR count). The topological polar surface area (TPSA) is 55.8 Å². The second kappa shape index (κ2) is 10.6. The molecule has 1 heterocycles. The number of hydrogen-bond acceptors (Lipinski definition) is 5. The van der Waals surface area contributed by atoms with Gasteiger partial charge in [-0.2, -0.15) is 0 Å². The number of ether oxygens (including phenoxy) is 2. The van der Waals surface area contributed by atoms with Gasteiger partial charge in [0.1, 0.15) is 24.7 Å². The van der Waals surface area contributed by atoms with E-state index in [4.69, 9.17) is 9.47 Å². The summed E-state index contributed by atoms with van der Waals surface area (Å²) in [6.45, 7) is 6.86. The zero-order chi connectivity index (χ0) is 24.1. The minimum Gasteiger partial charge on any atom is -0.491 e. The van der Waals surface area contributed by atoms with Gasteiger partial charge in [-0.25, -0.2) is 0 Å². The summed E-state index contributed by atoms with van der Waals surface area (Å²) in [6.07, 6.45) is 1.72. The fourth-order valence-electron chi connectivity index (χ4n) is 3.64. The fourth-order valence-corrected chi connectivity index (χ4v) is 4.49. The number of nitrogens with zero attached hydrogens (tertiary/aromatic N) is 1. The van der Waals surface area contributed by atoms with E-state index in [-0.39, 0.29) is 24.3 Å². The number of thioether (sulfide) groups is 1. The molecule has 0 bridgehead atoms. The van der Waals surface area contributed by atoms with Crippen molar-refractivity contribution in [3.63, 3.8) is 0 Å². The number of rotatable bonds is 8. The number of para-hydroxylation sites is 1. The summed E-state index contributed by atoms with van der Waals surface area (Å²) in [4.78, 5) is 27.1. The molecule has 174 valence electrons. The lowest BCUT2D eigenvalue weighted by Crippen LogP contribution is -2.32. The smallest absolute Gasteiger partial charge is 0.293 e. The second-order valence-corrected chi connectivity index (χ2v) is 9.26. The largest absolute Gasteiger partial charge is 0.491 e. The van der Waals surface area contributed by atoms with Crippen molar-refractivity contribution in [2.24, 2.45) is 0 Å². The van der Waals surface area contributed by atoms with Crippen molar-refractivity contribution >= 4 is 29.0 Å². The van der Waals surface area contributed by atoms with E-state index in [0.29, 0.717) is 17.3 Å². The third-order valence-electron chi connectivity index (χ3n) is 5.47. The summed E-state index contributed by atoms with van der Waals surface area (Å²) >= 11 is 0.941. The zero-order valence-electron chi connectivity index (χ0n) is 19.5. The molecule has 1 saturated heterocycles. The first-order valence-electron chi connectivity index (χ1n) is 11.1. The van der Waals surface area contributed by atoms with Gasteiger partial charge in [-0.15, -0.1) is 0 Å². The Morgan fingerprint density at radius 3 is 2.47 bits per heavy atom. The van der Waals surface area contributed by atoms with Gasteiger partial charge in [0.05, 0.1) is 11.4 Å². The quantitative estimate of drug-likeness (QED) is 0.359. The van der Waals surface area contributed by atoms with Crippen molar-refractivity contribution in [1.82, 2.24) is 4.90 Å². The molecular formula is C28H27NO4S. The highest BCUT2D eigenvalue weighted by molar-refractivity contribution is 8.18. The van der Waals surface area contributed by atoms with Gasteiger partial charge in [-0.05, 0) is 67.4 Å². The van der Waals surface area contributed by atoms with Crippen LogP contribution >= 0.6 is 11.8 Å². The summed E-state index contributed by atoms with van der Waals surface area (Å²) < 4.78 is 11.9. The van der Waals surface area contributed by atoms with Crippen LogP contribution in [-0.4, -0.2) is 29.2 Å². The van der Waals surface area contributed by atoms with Crippen LogP contribution in [0.15, 0.2) is 71.6 Å². The van der Waals surface area contributed by atoms with Gasteiger partial charge in [0.25, 0.3) is 11.1 Å². The molecule has 1 aliphatic heterocycles. The van der Waals surface area contributed by atoms with Crippen LogP contribution in [0.25, 0.3) is 6.08 Å². The Morgan fingerprint density at radius 1 is 0.853 bits per heavy atom. The van der Waals surface area contributed by atoms with E-state index in [1.54, 1.807) is 6.08 Å². The molecule has 0 aliphatic carbocycles. The van der Waals surface area contributed by atoms with Gasteiger partial charge in [0.2, 0.25) is 0 Å². The highest BCUT2D eigenvalue weighted by atomic mass is 32.2. The maximum atomic E-state index is 12.9.